The summed E-state index contributed by atoms with van der Waals surface area (Å²) in [5.41, 5.74) is 2.45. The lowest BCUT2D eigenvalue weighted by molar-refractivity contribution is 0.446. The van der Waals surface area contributed by atoms with Crippen LogP contribution in [0.15, 0.2) is 18.2 Å². The third-order valence-corrected chi connectivity index (χ3v) is 5.44. The highest BCUT2D eigenvalue weighted by Gasteiger charge is 2.18. The fourth-order valence-electron chi connectivity index (χ4n) is 3.69. The van der Waals surface area contributed by atoms with Crippen LogP contribution < -0.4 is 0 Å². The van der Waals surface area contributed by atoms with E-state index in [1.165, 1.54) is 89.0 Å². The summed E-state index contributed by atoms with van der Waals surface area (Å²) in [5, 5.41) is 10.1. The largest absolute Gasteiger partial charge is 0.508 e. The molecule has 0 unspecified atom stereocenters. The van der Waals surface area contributed by atoms with Crippen molar-refractivity contribution in [1.82, 2.24) is 0 Å². The van der Waals surface area contributed by atoms with Crippen LogP contribution in [0.2, 0.25) is 0 Å². The van der Waals surface area contributed by atoms with Crippen molar-refractivity contribution in [2.75, 3.05) is 0 Å². The summed E-state index contributed by atoms with van der Waals surface area (Å²) in [7, 11) is 0. The van der Waals surface area contributed by atoms with Gasteiger partial charge in [0.15, 0.2) is 0 Å². The molecule has 0 aliphatic carbocycles. The molecule has 26 heavy (non-hydrogen) atoms. The zero-order chi connectivity index (χ0) is 19.3. The molecule has 0 spiro atoms. The Kier molecular flexibility index (Phi) is 11.7. The first-order valence-corrected chi connectivity index (χ1v) is 11.3. The molecule has 0 heterocycles. The summed E-state index contributed by atoms with van der Waals surface area (Å²) in [4.78, 5) is 0. The lowest BCUT2D eigenvalue weighted by atomic mass is 9.85. The van der Waals surface area contributed by atoms with Crippen molar-refractivity contribution in [3.8, 4) is 5.75 Å². The number of benzene rings is 1. The molecule has 0 fully saturated rings. The second kappa shape index (κ2) is 13.2. The molecule has 1 aromatic rings. The second-order valence-corrected chi connectivity index (χ2v) is 9.09. The number of aryl methyl sites for hydroxylation is 1. The summed E-state index contributed by atoms with van der Waals surface area (Å²) in [6.07, 6.45) is 19.4. The van der Waals surface area contributed by atoms with Gasteiger partial charge in [0.2, 0.25) is 0 Å². The van der Waals surface area contributed by atoms with Gasteiger partial charge in [-0.15, -0.1) is 0 Å². The van der Waals surface area contributed by atoms with Crippen LogP contribution in [0, 0.1) is 0 Å². The van der Waals surface area contributed by atoms with E-state index < -0.39 is 0 Å². The molecule has 0 aromatic heterocycles. The SMILES string of the molecule is CCCCCCCCCCCCCCCc1ccc(O)c(C(C)(C)C)c1. The van der Waals surface area contributed by atoms with Crippen LogP contribution >= 0.6 is 0 Å². The van der Waals surface area contributed by atoms with E-state index in [1.807, 2.05) is 6.07 Å². The molecule has 0 radical (unpaired) electrons. The van der Waals surface area contributed by atoms with E-state index in [4.69, 9.17) is 0 Å². The maximum absolute atomic E-state index is 10.1. The Morgan fingerprint density at radius 2 is 1.15 bits per heavy atom. The number of phenolic OH excluding ortho intramolecular Hbond substituents is 1. The molecule has 150 valence electrons. The van der Waals surface area contributed by atoms with E-state index in [0.717, 1.165) is 12.0 Å². The van der Waals surface area contributed by atoms with E-state index in [1.54, 1.807) is 0 Å². The predicted octanol–water partition coefficient (Wildman–Crippen LogP) is 8.32. The summed E-state index contributed by atoms with van der Waals surface area (Å²) >= 11 is 0. The van der Waals surface area contributed by atoms with E-state index in [2.05, 4.69) is 39.8 Å². The number of rotatable bonds is 14. The van der Waals surface area contributed by atoms with Crippen LogP contribution in [-0.2, 0) is 11.8 Å². The van der Waals surface area contributed by atoms with Crippen LogP contribution in [0.4, 0.5) is 0 Å². The smallest absolute Gasteiger partial charge is 0.119 e. The molecule has 0 aliphatic heterocycles. The fourth-order valence-corrected chi connectivity index (χ4v) is 3.69. The van der Waals surface area contributed by atoms with Gasteiger partial charge in [-0.3, -0.25) is 0 Å². The first-order valence-electron chi connectivity index (χ1n) is 11.3. The molecule has 0 atom stereocenters. The lowest BCUT2D eigenvalue weighted by Gasteiger charge is -2.21. The van der Waals surface area contributed by atoms with Crippen LogP contribution in [0.5, 0.6) is 5.75 Å². The standard InChI is InChI=1S/C25H44O/c1-5-6-7-8-9-10-11-12-13-14-15-16-17-18-22-19-20-24(26)23(21-22)25(2,3)4/h19-21,26H,5-18H2,1-4H3. The highest BCUT2D eigenvalue weighted by Crippen LogP contribution is 2.31. The molecule has 1 N–H and O–H groups in total. The molecule has 1 nitrogen and oxygen atoms in total. The fraction of sp³-hybridized carbons (Fsp3) is 0.760. The van der Waals surface area contributed by atoms with Gasteiger partial charge in [0.05, 0.1) is 0 Å². The van der Waals surface area contributed by atoms with Crippen molar-refractivity contribution in [1.29, 1.82) is 0 Å². The Bertz CT molecular complexity index is 470. The summed E-state index contributed by atoms with van der Waals surface area (Å²) in [5.74, 6) is 0.437. The molecular weight excluding hydrogens is 316 g/mol. The topological polar surface area (TPSA) is 20.2 Å². The highest BCUT2D eigenvalue weighted by atomic mass is 16.3. The third-order valence-electron chi connectivity index (χ3n) is 5.44. The van der Waals surface area contributed by atoms with E-state index in [-0.39, 0.29) is 5.41 Å². The van der Waals surface area contributed by atoms with Gasteiger partial charge in [-0.05, 0) is 35.4 Å². The minimum absolute atomic E-state index is 0.0100. The van der Waals surface area contributed by atoms with Gasteiger partial charge in [0.25, 0.3) is 0 Å². The van der Waals surface area contributed by atoms with Gasteiger partial charge in [-0.2, -0.15) is 0 Å². The van der Waals surface area contributed by atoms with E-state index >= 15 is 0 Å². The summed E-state index contributed by atoms with van der Waals surface area (Å²) in [6.45, 7) is 8.78. The van der Waals surface area contributed by atoms with Crippen LogP contribution in [-0.4, -0.2) is 5.11 Å². The first-order chi connectivity index (χ1) is 12.4. The molecule has 0 bridgehead atoms. The van der Waals surface area contributed by atoms with Gasteiger partial charge < -0.3 is 5.11 Å². The normalized spacial score (nSPS) is 11.8. The van der Waals surface area contributed by atoms with Crippen LogP contribution in [0.1, 0.15) is 122 Å². The zero-order valence-electron chi connectivity index (χ0n) is 18.1. The number of phenols is 1. The van der Waals surface area contributed by atoms with Crippen molar-refractivity contribution < 1.29 is 5.11 Å². The predicted molar refractivity (Wildman–Crippen MR) is 116 cm³/mol. The number of hydrogen-bond acceptors (Lipinski definition) is 1. The summed E-state index contributed by atoms with van der Waals surface area (Å²) in [6, 6.07) is 6.17. The van der Waals surface area contributed by atoms with Crippen molar-refractivity contribution >= 4 is 0 Å². The van der Waals surface area contributed by atoms with Crippen LogP contribution in [0.3, 0.4) is 0 Å². The monoisotopic (exact) mass is 360 g/mol. The molecule has 1 rings (SSSR count). The second-order valence-electron chi connectivity index (χ2n) is 9.09. The van der Waals surface area contributed by atoms with Crippen molar-refractivity contribution in [3.05, 3.63) is 29.3 Å². The average molecular weight is 361 g/mol. The number of unbranched alkanes of at least 4 members (excludes halogenated alkanes) is 12. The molecule has 0 saturated carbocycles. The van der Waals surface area contributed by atoms with Crippen LogP contribution in [0.25, 0.3) is 0 Å². The number of aromatic hydroxyl groups is 1. The quantitative estimate of drug-likeness (QED) is 0.331. The molecular formula is C25H44O. The molecule has 0 saturated heterocycles. The highest BCUT2D eigenvalue weighted by molar-refractivity contribution is 5.40. The Balaban J connectivity index is 2.03. The average Bonchev–Trinajstić information content (AvgIpc) is 2.59. The minimum atomic E-state index is 0.0100. The van der Waals surface area contributed by atoms with Gasteiger partial charge in [0, 0.05) is 0 Å². The van der Waals surface area contributed by atoms with E-state index in [0.29, 0.717) is 5.75 Å². The Hall–Kier alpha value is -0.980. The maximum Gasteiger partial charge on any atom is 0.119 e. The molecule has 0 aliphatic rings. The maximum atomic E-state index is 10.1. The molecule has 0 amide bonds. The Morgan fingerprint density at radius 1 is 0.692 bits per heavy atom. The Morgan fingerprint density at radius 3 is 1.62 bits per heavy atom. The van der Waals surface area contributed by atoms with Crippen molar-refractivity contribution in [3.63, 3.8) is 0 Å². The lowest BCUT2D eigenvalue weighted by Crippen LogP contribution is -2.11. The van der Waals surface area contributed by atoms with Crippen molar-refractivity contribution in [2.45, 2.75) is 123 Å². The zero-order valence-corrected chi connectivity index (χ0v) is 18.1. The summed E-state index contributed by atoms with van der Waals surface area (Å²) < 4.78 is 0. The molecule has 1 aromatic carbocycles. The minimum Gasteiger partial charge on any atom is -0.508 e. The van der Waals surface area contributed by atoms with Gasteiger partial charge >= 0.3 is 0 Å². The van der Waals surface area contributed by atoms with Gasteiger partial charge in [0.1, 0.15) is 5.75 Å². The Labute approximate surface area is 163 Å². The third kappa shape index (κ3) is 10.2. The number of hydrogen-bond donors (Lipinski definition) is 1. The molecule has 1 heteroatoms. The van der Waals surface area contributed by atoms with Crippen molar-refractivity contribution in [2.24, 2.45) is 0 Å². The first kappa shape index (κ1) is 23.1. The van der Waals surface area contributed by atoms with Gasteiger partial charge in [-0.25, -0.2) is 0 Å². The van der Waals surface area contributed by atoms with Gasteiger partial charge in [-0.1, -0.05) is 117 Å². The van der Waals surface area contributed by atoms with E-state index in [9.17, 15) is 5.11 Å².